The van der Waals surface area contributed by atoms with Crippen LogP contribution in [0.25, 0.3) is 0 Å². The molecule has 0 atom stereocenters. The fraction of sp³-hybridized carbons (Fsp3) is 0.533. The molecule has 5 heteroatoms. The number of aliphatic hydroxyl groups is 1. The van der Waals surface area contributed by atoms with E-state index in [1.165, 1.54) is 11.3 Å². The first-order valence-corrected chi connectivity index (χ1v) is 7.55. The molecule has 0 aromatic carbocycles. The van der Waals surface area contributed by atoms with Crippen molar-refractivity contribution in [2.45, 2.75) is 32.3 Å². The molecule has 4 nitrogen and oxygen atoms in total. The lowest BCUT2D eigenvalue weighted by Gasteiger charge is -2.35. The van der Waals surface area contributed by atoms with E-state index < -0.39 is 5.60 Å². The van der Waals surface area contributed by atoms with Gasteiger partial charge in [0.25, 0.3) is 5.91 Å². The number of aryl methyl sites for hydroxylation is 1. The van der Waals surface area contributed by atoms with E-state index in [4.69, 9.17) is 5.73 Å². The molecular formula is C15H20N2O2S. The van der Waals surface area contributed by atoms with Gasteiger partial charge >= 0.3 is 0 Å². The SMILES string of the molecule is Cc1cc(C(=O)N2CCC(C)(O)CC2)sc1C#CCN. The van der Waals surface area contributed by atoms with Gasteiger partial charge in [-0.05, 0) is 38.3 Å². The monoisotopic (exact) mass is 292 g/mol. The van der Waals surface area contributed by atoms with Gasteiger partial charge in [0.05, 0.1) is 21.9 Å². The van der Waals surface area contributed by atoms with Crippen molar-refractivity contribution in [3.05, 3.63) is 21.4 Å². The second-order valence-electron chi connectivity index (χ2n) is 5.42. The van der Waals surface area contributed by atoms with Gasteiger partial charge in [-0.3, -0.25) is 4.79 Å². The van der Waals surface area contributed by atoms with Crippen LogP contribution in [0.5, 0.6) is 0 Å². The summed E-state index contributed by atoms with van der Waals surface area (Å²) >= 11 is 1.42. The van der Waals surface area contributed by atoms with Crippen molar-refractivity contribution in [2.75, 3.05) is 19.6 Å². The molecule has 1 amide bonds. The van der Waals surface area contributed by atoms with E-state index in [1.807, 2.05) is 24.8 Å². The Balaban J connectivity index is 2.10. The van der Waals surface area contributed by atoms with Gasteiger partial charge in [-0.2, -0.15) is 0 Å². The van der Waals surface area contributed by atoms with Crippen molar-refractivity contribution >= 4 is 17.2 Å². The smallest absolute Gasteiger partial charge is 0.263 e. The summed E-state index contributed by atoms with van der Waals surface area (Å²) in [5, 5.41) is 9.92. The Labute approximate surface area is 123 Å². The summed E-state index contributed by atoms with van der Waals surface area (Å²) in [6, 6.07) is 1.89. The molecule has 2 rings (SSSR count). The molecule has 2 heterocycles. The number of rotatable bonds is 1. The Kier molecular flexibility index (Phi) is 4.48. The molecule has 108 valence electrons. The minimum Gasteiger partial charge on any atom is -0.390 e. The molecular weight excluding hydrogens is 272 g/mol. The van der Waals surface area contributed by atoms with Crippen molar-refractivity contribution < 1.29 is 9.90 Å². The van der Waals surface area contributed by atoms with Crippen LogP contribution in [0, 0.1) is 18.8 Å². The molecule has 1 aliphatic rings. The number of hydrogen-bond donors (Lipinski definition) is 2. The van der Waals surface area contributed by atoms with Crippen LogP contribution < -0.4 is 5.73 Å². The average Bonchev–Trinajstić information content (AvgIpc) is 2.77. The zero-order chi connectivity index (χ0) is 14.8. The second kappa shape index (κ2) is 5.96. The number of hydrogen-bond acceptors (Lipinski definition) is 4. The van der Waals surface area contributed by atoms with Crippen LogP contribution in [-0.4, -0.2) is 41.1 Å². The van der Waals surface area contributed by atoms with Crippen molar-refractivity contribution in [3.63, 3.8) is 0 Å². The van der Waals surface area contributed by atoms with Crippen LogP contribution in [0.4, 0.5) is 0 Å². The fourth-order valence-electron chi connectivity index (χ4n) is 2.19. The standard InChI is InChI=1S/C15H20N2O2S/c1-11-10-13(20-12(11)4-3-7-16)14(18)17-8-5-15(2,19)6-9-17/h10,19H,5-9,16H2,1-2H3. The highest BCUT2D eigenvalue weighted by atomic mass is 32.1. The average molecular weight is 292 g/mol. The minimum absolute atomic E-state index is 0.0365. The van der Waals surface area contributed by atoms with E-state index in [9.17, 15) is 9.90 Å². The fourth-order valence-corrected chi connectivity index (χ4v) is 3.21. The molecule has 3 N–H and O–H groups in total. The van der Waals surface area contributed by atoms with Crippen molar-refractivity contribution in [1.29, 1.82) is 0 Å². The first kappa shape index (κ1) is 15.0. The van der Waals surface area contributed by atoms with Crippen LogP contribution in [0.2, 0.25) is 0 Å². The van der Waals surface area contributed by atoms with Crippen LogP contribution >= 0.6 is 11.3 Å². The predicted octanol–water partition coefficient (Wildman–Crippen LogP) is 1.35. The number of carbonyl (C=O) groups excluding carboxylic acids is 1. The lowest BCUT2D eigenvalue weighted by molar-refractivity contribution is -0.00188. The van der Waals surface area contributed by atoms with Crippen molar-refractivity contribution in [2.24, 2.45) is 5.73 Å². The molecule has 1 aliphatic heterocycles. The van der Waals surface area contributed by atoms with Crippen molar-refractivity contribution in [3.8, 4) is 11.8 Å². The maximum Gasteiger partial charge on any atom is 0.263 e. The quantitative estimate of drug-likeness (QED) is 0.768. The lowest BCUT2D eigenvalue weighted by Crippen LogP contribution is -2.44. The van der Waals surface area contributed by atoms with Gasteiger partial charge in [0.2, 0.25) is 0 Å². The largest absolute Gasteiger partial charge is 0.390 e. The molecule has 1 fully saturated rings. The number of likely N-dealkylation sites (tertiary alicyclic amines) is 1. The first-order valence-electron chi connectivity index (χ1n) is 6.74. The number of nitrogens with two attached hydrogens (primary N) is 1. The van der Waals surface area contributed by atoms with Gasteiger partial charge in [0.1, 0.15) is 0 Å². The Morgan fingerprint density at radius 3 is 2.80 bits per heavy atom. The number of thiophene rings is 1. The van der Waals surface area contributed by atoms with E-state index in [1.54, 1.807) is 0 Å². The first-order chi connectivity index (χ1) is 9.43. The number of piperidine rings is 1. The topological polar surface area (TPSA) is 66.6 Å². The normalized spacial score (nSPS) is 17.5. The van der Waals surface area contributed by atoms with Gasteiger partial charge in [0, 0.05) is 13.1 Å². The number of amides is 1. The zero-order valence-corrected chi connectivity index (χ0v) is 12.7. The van der Waals surface area contributed by atoms with E-state index in [0.717, 1.165) is 10.4 Å². The van der Waals surface area contributed by atoms with Crippen LogP contribution in [0.15, 0.2) is 6.07 Å². The van der Waals surface area contributed by atoms with E-state index in [-0.39, 0.29) is 5.91 Å². The van der Waals surface area contributed by atoms with E-state index >= 15 is 0 Å². The Hall–Kier alpha value is -1.35. The summed E-state index contributed by atoms with van der Waals surface area (Å²) in [5.41, 5.74) is 5.75. The highest BCUT2D eigenvalue weighted by molar-refractivity contribution is 7.14. The van der Waals surface area contributed by atoms with Crippen molar-refractivity contribution in [1.82, 2.24) is 4.90 Å². The van der Waals surface area contributed by atoms with Gasteiger partial charge in [-0.1, -0.05) is 11.8 Å². The summed E-state index contributed by atoms with van der Waals surface area (Å²) in [7, 11) is 0. The van der Waals surface area contributed by atoms with Crippen LogP contribution in [0.1, 0.15) is 39.9 Å². The third-order valence-corrected chi connectivity index (χ3v) is 4.70. The Bertz CT molecular complexity index is 556. The summed E-state index contributed by atoms with van der Waals surface area (Å²) in [6.07, 6.45) is 1.26. The summed E-state index contributed by atoms with van der Waals surface area (Å²) < 4.78 is 0. The molecule has 1 aromatic rings. The third-order valence-electron chi connectivity index (χ3n) is 3.56. The van der Waals surface area contributed by atoms with Gasteiger partial charge in [0.15, 0.2) is 0 Å². The molecule has 0 unspecified atom stereocenters. The maximum absolute atomic E-state index is 12.4. The van der Waals surface area contributed by atoms with Gasteiger partial charge in [-0.25, -0.2) is 0 Å². The van der Waals surface area contributed by atoms with Gasteiger partial charge < -0.3 is 15.7 Å². The molecule has 1 aromatic heterocycles. The Morgan fingerprint density at radius 2 is 2.20 bits per heavy atom. The third kappa shape index (κ3) is 3.40. The maximum atomic E-state index is 12.4. The Morgan fingerprint density at radius 1 is 1.55 bits per heavy atom. The highest BCUT2D eigenvalue weighted by Crippen LogP contribution is 2.26. The molecule has 1 saturated heterocycles. The van der Waals surface area contributed by atoms with E-state index in [0.29, 0.717) is 37.4 Å². The second-order valence-corrected chi connectivity index (χ2v) is 6.47. The zero-order valence-electron chi connectivity index (χ0n) is 11.9. The molecule has 0 aliphatic carbocycles. The predicted molar refractivity (Wildman–Crippen MR) is 80.7 cm³/mol. The summed E-state index contributed by atoms with van der Waals surface area (Å²) in [4.78, 5) is 15.9. The number of carbonyl (C=O) groups is 1. The summed E-state index contributed by atoms with van der Waals surface area (Å²) in [5.74, 6) is 5.85. The molecule has 0 radical (unpaired) electrons. The molecule has 0 bridgehead atoms. The minimum atomic E-state index is -0.639. The van der Waals surface area contributed by atoms with Crippen LogP contribution in [0.3, 0.4) is 0 Å². The van der Waals surface area contributed by atoms with Gasteiger partial charge in [-0.15, -0.1) is 11.3 Å². The summed E-state index contributed by atoms with van der Waals surface area (Å²) in [6.45, 7) is 5.31. The van der Waals surface area contributed by atoms with Crippen LogP contribution in [-0.2, 0) is 0 Å². The molecule has 20 heavy (non-hydrogen) atoms. The number of nitrogens with zero attached hydrogens (tertiary/aromatic N) is 1. The lowest BCUT2D eigenvalue weighted by atomic mass is 9.94. The molecule has 0 saturated carbocycles. The van der Waals surface area contributed by atoms with E-state index in [2.05, 4.69) is 11.8 Å². The molecule has 0 spiro atoms. The highest BCUT2D eigenvalue weighted by Gasteiger charge is 2.30.